The third-order valence-electron chi connectivity index (χ3n) is 5.71. The topological polar surface area (TPSA) is 59.8 Å². The Hall–Kier alpha value is -2.60. The van der Waals surface area contributed by atoms with Crippen LogP contribution in [0.15, 0.2) is 65.8 Å². The molecule has 1 fully saturated rings. The molecule has 1 saturated carbocycles. The number of nitrogens with zero attached hydrogens (tertiary/aromatic N) is 3. The third kappa shape index (κ3) is 5.11. The van der Waals surface area contributed by atoms with E-state index in [2.05, 4.69) is 39.1 Å². The minimum atomic E-state index is 0.0750. The fourth-order valence-electron chi connectivity index (χ4n) is 4.03. The molecular weight excluding hydrogens is 392 g/mol. The average molecular weight is 421 g/mol. The van der Waals surface area contributed by atoms with E-state index >= 15 is 0 Å². The Balaban J connectivity index is 1.49. The number of carbonyl (C=O) groups is 1. The lowest BCUT2D eigenvalue weighted by Crippen LogP contribution is -2.41. The second kappa shape index (κ2) is 9.94. The van der Waals surface area contributed by atoms with Crippen LogP contribution in [0.25, 0.3) is 5.69 Å². The Morgan fingerprint density at radius 3 is 2.47 bits per heavy atom. The number of aromatic nitrogens is 3. The highest BCUT2D eigenvalue weighted by Gasteiger charge is 2.23. The van der Waals surface area contributed by atoms with Gasteiger partial charge in [0.1, 0.15) is 5.82 Å². The largest absolute Gasteiger partial charge is 0.352 e. The van der Waals surface area contributed by atoms with Gasteiger partial charge in [-0.05, 0) is 36.5 Å². The summed E-state index contributed by atoms with van der Waals surface area (Å²) >= 11 is 1.45. The van der Waals surface area contributed by atoms with Gasteiger partial charge >= 0.3 is 0 Å². The molecule has 0 spiro atoms. The molecule has 1 heterocycles. The van der Waals surface area contributed by atoms with Crippen molar-refractivity contribution in [2.75, 3.05) is 5.75 Å². The van der Waals surface area contributed by atoms with Gasteiger partial charge in [0, 0.05) is 18.2 Å². The van der Waals surface area contributed by atoms with Crippen molar-refractivity contribution in [1.82, 2.24) is 20.1 Å². The monoisotopic (exact) mass is 420 g/mol. The Morgan fingerprint density at radius 2 is 1.73 bits per heavy atom. The number of carbonyl (C=O) groups excluding carboxylic acids is 1. The first-order chi connectivity index (χ1) is 14.7. The molecule has 1 amide bonds. The van der Waals surface area contributed by atoms with E-state index in [9.17, 15) is 4.79 Å². The van der Waals surface area contributed by atoms with Gasteiger partial charge < -0.3 is 5.32 Å². The van der Waals surface area contributed by atoms with Crippen LogP contribution in [-0.2, 0) is 11.2 Å². The minimum Gasteiger partial charge on any atom is -0.352 e. The molecule has 1 aliphatic rings. The molecule has 156 valence electrons. The maximum absolute atomic E-state index is 12.6. The lowest BCUT2D eigenvalue weighted by molar-refractivity contribution is -0.119. The van der Waals surface area contributed by atoms with Gasteiger partial charge in [0.15, 0.2) is 5.16 Å². The summed E-state index contributed by atoms with van der Waals surface area (Å²) in [6.45, 7) is 2.24. The van der Waals surface area contributed by atoms with Crippen LogP contribution < -0.4 is 5.32 Å². The summed E-state index contributed by atoms with van der Waals surface area (Å²) in [5.41, 5.74) is 2.19. The van der Waals surface area contributed by atoms with Crippen molar-refractivity contribution in [3.05, 3.63) is 72.1 Å². The van der Waals surface area contributed by atoms with E-state index in [1.807, 2.05) is 48.5 Å². The summed E-state index contributed by atoms with van der Waals surface area (Å²) < 4.78 is 2.06. The summed E-state index contributed by atoms with van der Waals surface area (Å²) in [5.74, 6) is 1.85. The van der Waals surface area contributed by atoms with Crippen LogP contribution in [0, 0.1) is 5.92 Å². The number of hydrogen-bond acceptors (Lipinski definition) is 4. The van der Waals surface area contributed by atoms with E-state index < -0.39 is 0 Å². The number of hydrogen-bond donors (Lipinski definition) is 1. The number of nitrogens with one attached hydrogen (secondary N) is 1. The molecule has 0 unspecified atom stereocenters. The van der Waals surface area contributed by atoms with E-state index in [4.69, 9.17) is 0 Å². The summed E-state index contributed by atoms with van der Waals surface area (Å²) in [4.78, 5) is 12.6. The fourth-order valence-corrected chi connectivity index (χ4v) is 4.81. The van der Waals surface area contributed by atoms with Crippen LogP contribution in [0.2, 0.25) is 0 Å². The molecule has 6 heteroatoms. The first-order valence-electron chi connectivity index (χ1n) is 10.7. The lowest BCUT2D eigenvalue weighted by atomic mass is 9.86. The van der Waals surface area contributed by atoms with Gasteiger partial charge in [0.2, 0.25) is 5.91 Å². The predicted molar refractivity (Wildman–Crippen MR) is 121 cm³/mol. The van der Waals surface area contributed by atoms with Gasteiger partial charge in [0.05, 0.1) is 5.75 Å². The van der Waals surface area contributed by atoms with Crippen molar-refractivity contribution in [1.29, 1.82) is 0 Å². The molecule has 0 aliphatic heterocycles. The van der Waals surface area contributed by atoms with Crippen LogP contribution in [-0.4, -0.2) is 32.5 Å². The standard InChI is InChI=1S/C24H28N4OS/c1-18-10-8-9-15-21(18)25-23(29)17-30-24-27-26-22(16-19-11-4-2-5-12-19)28(24)20-13-6-3-7-14-20/h2-7,11-14,18,21H,8-10,15-17H2,1H3,(H,25,29)/t18-,21+/m1/s1. The van der Waals surface area contributed by atoms with Gasteiger partial charge in [-0.2, -0.15) is 0 Å². The highest BCUT2D eigenvalue weighted by Crippen LogP contribution is 2.25. The number of amides is 1. The van der Waals surface area contributed by atoms with Crippen molar-refractivity contribution in [2.45, 2.75) is 50.2 Å². The Labute approximate surface area is 182 Å². The maximum atomic E-state index is 12.6. The highest BCUT2D eigenvalue weighted by atomic mass is 32.2. The average Bonchev–Trinajstić information content (AvgIpc) is 3.17. The van der Waals surface area contributed by atoms with E-state index in [1.54, 1.807) is 0 Å². The first kappa shape index (κ1) is 20.7. The second-order valence-corrected chi connectivity index (χ2v) is 8.90. The smallest absolute Gasteiger partial charge is 0.230 e. The quantitative estimate of drug-likeness (QED) is 0.566. The zero-order chi connectivity index (χ0) is 20.8. The molecule has 30 heavy (non-hydrogen) atoms. The molecule has 5 nitrogen and oxygen atoms in total. The van der Waals surface area contributed by atoms with E-state index in [1.165, 1.54) is 36.6 Å². The van der Waals surface area contributed by atoms with Crippen molar-refractivity contribution in [3.8, 4) is 5.69 Å². The summed E-state index contributed by atoms with van der Waals surface area (Å²) in [6, 6.07) is 20.7. The third-order valence-corrected chi connectivity index (χ3v) is 6.64. The predicted octanol–water partition coefficient (Wildman–Crippen LogP) is 4.65. The van der Waals surface area contributed by atoms with Gasteiger partial charge in [-0.1, -0.05) is 80.1 Å². The van der Waals surface area contributed by atoms with Crippen LogP contribution >= 0.6 is 11.8 Å². The minimum absolute atomic E-state index is 0.0750. The number of rotatable bonds is 7. The molecule has 1 aromatic heterocycles. The normalized spacial score (nSPS) is 18.8. The Bertz CT molecular complexity index is 958. The van der Waals surface area contributed by atoms with Crippen LogP contribution in [0.3, 0.4) is 0 Å². The van der Waals surface area contributed by atoms with Crippen LogP contribution in [0.5, 0.6) is 0 Å². The van der Waals surface area contributed by atoms with Gasteiger partial charge in [0.25, 0.3) is 0 Å². The fraction of sp³-hybridized carbons (Fsp3) is 0.375. The number of para-hydroxylation sites is 1. The molecule has 4 rings (SSSR count). The first-order valence-corrected chi connectivity index (χ1v) is 11.6. The number of benzene rings is 2. The van der Waals surface area contributed by atoms with Crippen molar-refractivity contribution in [2.24, 2.45) is 5.92 Å². The molecular formula is C24H28N4OS. The van der Waals surface area contributed by atoms with Crippen LogP contribution in [0.4, 0.5) is 0 Å². The number of thioether (sulfide) groups is 1. The maximum Gasteiger partial charge on any atom is 0.230 e. The molecule has 2 atom stereocenters. The molecule has 1 N–H and O–H groups in total. The summed E-state index contributed by atoms with van der Waals surface area (Å²) in [6.07, 6.45) is 5.44. The van der Waals surface area contributed by atoms with Gasteiger partial charge in [-0.15, -0.1) is 10.2 Å². The SMILES string of the molecule is C[C@@H]1CCCC[C@@H]1NC(=O)CSc1nnc(Cc2ccccc2)n1-c1ccccc1. The van der Waals surface area contributed by atoms with E-state index in [0.717, 1.165) is 23.1 Å². The second-order valence-electron chi connectivity index (χ2n) is 7.96. The molecule has 0 bridgehead atoms. The van der Waals surface area contributed by atoms with E-state index in [-0.39, 0.29) is 5.91 Å². The molecule has 2 aromatic carbocycles. The van der Waals surface area contributed by atoms with Crippen LogP contribution in [0.1, 0.15) is 44.0 Å². The van der Waals surface area contributed by atoms with Crippen molar-refractivity contribution in [3.63, 3.8) is 0 Å². The van der Waals surface area contributed by atoms with Gasteiger partial charge in [-0.3, -0.25) is 9.36 Å². The van der Waals surface area contributed by atoms with E-state index in [0.29, 0.717) is 24.1 Å². The van der Waals surface area contributed by atoms with Gasteiger partial charge in [-0.25, -0.2) is 0 Å². The zero-order valence-electron chi connectivity index (χ0n) is 17.3. The molecule has 0 radical (unpaired) electrons. The van der Waals surface area contributed by atoms with Crippen molar-refractivity contribution >= 4 is 17.7 Å². The Morgan fingerprint density at radius 1 is 1.03 bits per heavy atom. The Kier molecular flexibility index (Phi) is 6.84. The summed E-state index contributed by atoms with van der Waals surface area (Å²) in [5, 5.41) is 12.8. The molecule has 3 aromatic rings. The summed E-state index contributed by atoms with van der Waals surface area (Å²) in [7, 11) is 0. The lowest BCUT2D eigenvalue weighted by Gasteiger charge is -2.29. The zero-order valence-corrected chi connectivity index (χ0v) is 18.1. The molecule has 1 aliphatic carbocycles. The highest BCUT2D eigenvalue weighted by molar-refractivity contribution is 7.99. The molecule has 0 saturated heterocycles. The van der Waals surface area contributed by atoms with Crippen molar-refractivity contribution < 1.29 is 4.79 Å².